The lowest BCUT2D eigenvalue weighted by molar-refractivity contribution is 0.354. The van der Waals surface area contributed by atoms with Crippen molar-refractivity contribution in [2.75, 3.05) is 19.5 Å². The summed E-state index contributed by atoms with van der Waals surface area (Å²) < 4.78 is 10.5. The number of rotatable bonds is 5. The molecule has 114 valence electrons. The fourth-order valence-corrected chi connectivity index (χ4v) is 2.34. The molecule has 1 aromatic heterocycles. The molecule has 22 heavy (non-hydrogen) atoms. The number of methoxy groups -OCH3 is 2. The molecule has 0 spiro atoms. The number of fused-ring (bicyclic) bond motifs is 1. The van der Waals surface area contributed by atoms with Gasteiger partial charge in [0.2, 0.25) is 0 Å². The standard InChI is InChI=1S/C16H17N3O3/c1-21-14-6-3-10(7-15(14)22-2)9-17-11-4-5-12-13(8-11)19-16(20)18-12/h3-8,17H,9H2,1-2H3,(H2,18,19,20). The average molecular weight is 299 g/mol. The van der Waals surface area contributed by atoms with Crippen LogP contribution < -0.4 is 20.5 Å². The first-order valence-corrected chi connectivity index (χ1v) is 6.86. The third-order valence-corrected chi connectivity index (χ3v) is 3.46. The van der Waals surface area contributed by atoms with Crippen LogP contribution in [0.4, 0.5) is 5.69 Å². The first kappa shape index (κ1) is 14.1. The third kappa shape index (κ3) is 2.76. The van der Waals surface area contributed by atoms with Crippen LogP contribution in [0.1, 0.15) is 5.56 Å². The third-order valence-electron chi connectivity index (χ3n) is 3.46. The fourth-order valence-electron chi connectivity index (χ4n) is 2.34. The van der Waals surface area contributed by atoms with Crippen LogP contribution in [0.15, 0.2) is 41.2 Å². The Morgan fingerprint density at radius 3 is 2.50 bits per heavy atom. The van der Waals surface area contributed by atoms with Gasteiger partial charge in [-0.3, -0.25) is 0 Å². The highest BCUT2D eigenvalue weighted by Gasteiger charge is 2.05. The summed E-state index contributed by atoms with van der Waals surface area (Å²) in [7, 11) is 3.23. The summed E-state index contributed by atoms with van der Waals surface area (Å²) in [6.45, 7) is 0.639. The molecular weight excluding hydrogens is 282 g/mol. The van der Waals surface area contributed by atoms with Gasteiger partial charge in [0.15, 0.2) is 11.5 Å². The van der Waals surface area contributed by atoms with Crippen molar-refractivity contribution in [3.8, 4) is 11.5 Å². The predicted octanol–water partition coefficient (Wildman–Crippen LogP) is 2.49. The van der Waals surface area contributed by atoms with E-state index in [-0.39, 0.29) is 5.69 Å². The van der Waals surface area contributed by atoms with E-state index in [1.165, 1.54) is 0 Å². The van der Waals surface area contributed by atoms with E-state index in [1.54, 1.807) is 14.2 Å². The highest BCUT2D eigenvalue weighted by molar-refractivity contribution is 5.78. The topological polar surface area (TPSA) is 79.1 Å². The van der Waals surface area contributed by atoms with Gasteiger partial charge in [-0.05, 0) is 35.9 Å². The van der Waals surface area contributed by atoms with Gasteiger partial charge in [0.1, 0.15) is 0 Å². The Hall–Kier alpha value is -2.89. The van der Waals surface area contributed by atoms with Crippen LogP contribution in [0.3, 0.4) is 0 Å². The molecule has 0 bridgehead atoms. The molecule has 0 saturated carbocycles. The second-order valence-electron chi connectivity index (χ2n) is 4.88. The maximum atomic E-state index is 11.3. The molecular formula is C16H17N3O3. The minimum absolute atomic E-state index is 0.202. The van der Waals surface area contributed by atoms with E-state index >= 15 is 0 Å². The largest absolute Gasteiger partial charge is 0.493 e. The summed E-state index contributed by atoms with van der Waals surface area (Å²) in [5.41, 5.74) is 3.37. The molecule has 3 N–H and O–H groups in total. The molecule has 0 unspecified atom stereocenters. The fraction of sp³-hybridized carbons (Fsp3) is 0.188. The van der Waals surface area contributed by atoms with Crippen molar-refractivity contribution < 1.29 is 9.47 Å². The average Bonchev–Trinajstić information content (AvgIpc) is 2.91. The molecule has 0 radical (unpaired) electrons. The van der Waals surface area contributed by atoms with Gasteiger partial charge in [-0.25, -0.2) is 4.79 Å². The zero-order chi connectivity index (χ0) is 15.5. The summed E-state index contributed by atoms with van der Waals surface area (Å²) in [6, 6.07) is 11.5. The Bertz CT molecular complexity index is 851. The lowest BCUT2D eigenvalue weighted by atomic mass is 10.2. The van der Waals surface area contributed by atoms with Crippen LogP contribution >= 0.6 is 0 Å². The van der Waals surface area contributed by atoms with Gasteiger partial charge in [-0.2, -0.15) is 0 Å². The van der Waals surface area contributed by atoms with Gasteiger partial charge < -0.3 is 24.8 Å². The lowest BCUT2D eigenvalue weighted by Crippen LogP contribution is -2.00. The van der Waals surface area contributed by atoms with Crippen molar-refractivity contribution in [3.63, 3.8) is 0 Å². The minimum atomic E-state index is -0.202. The summed E-state index contributed by atoms with van der Waals surface area (Å²) in [4.78, 5) is 16.7. The van der Waals surface area contributed by atoms with Gasteiger partial charge in [-0.1, -0.05) is 6.07 Å². The van der Waals surface area contributed by atoms with E-state index < -0.39 is 0 Å². The molecule has 3 aromatic rings. The van der Waals surface area contributed by atoms with Crippen molar-refractivity contribution in [2.45, 2.75) is 6.54 Å². The van der Waals surface area contributed by atoms with E-state index in [1.807, 2.05) is 36.4 Å². The number of anilines is 1. The SMILES string of the molecule is COc1ccc(CNc2ccc3[nH]c(=O)[nH]c3c2)cc1OC. The lowest BCUT2D eigenvalue weighted by Gasteiger charge is -2.11. The van der Waals surface area contributed by atoms with E-state index in [9.17, 15) is 4.79 Å². The number of ether oxygens (including phenoxy) is 2. The van der Waals surface area contributed by atoms with E-state index in [0.29, 0.717) is 18.0 Å². The van der Waals surface area contributed by atoms with E-state index in [2.05, 4.69) is 15.3 Å². The van der Waals surface area contributed by atoms with Gasteiger partial charge in [0.05, 0.1) is 25.3 Å². The molecule has 3 rings (SSSR count). The summed E-state index contributed by atoms with van der Waals surface area (Å²) >= 11 is 0. The first-order chi connectivity index (χ1) is 10.7. The van der Waals surface area contributed by atoms with Gasteiger partial charge in [-0.15, -0.1) is 0 Å². The van der Waals surface area contributed by atoms with Crippen LogP contribution in [0.25, 0.3) is 11.0 Å². The number of aromatic nitrogens is 2. The minimum Gasteiger partial charge on any atom is -0.493 e. The molecule has 0 saturated heterocycles. The Labute approximate surface area is 127 Å². The highest BCUT2D eigenvalue weighted by atomic mass is 16.5. The van der Waals surface area contributed by atoms with Crippen molar-refractivity contribution in [1.82, 2.24) is 9.97 Å². The van der Waals surface area contributed by atoms with Crippen molar-refractivity contribution in [2.24, 2.45) is 0 Å². The van der Waals surface area contributed by atoms with Crippen molar-refractivity contribution in [3.05, 3.63) is 52.4 Å². The molecule has 0 aliphatic carbocycles. The molecule has 1 heterocycles. The molecule has 0 amide bonds. The smallest absolute Gasteiger partial charge is 0.323 e. The molecule has 2 aromatic carbocycles. The number of H-pyrrole nitrogens is 2. The maximum Gasteiger partial charge on any atom is 0.323 e. The number of benzene rings is 2. The van der Waals surface area contributed by atoms with Gasteiger partial charge >= 0.3 is 5.69 Å². The Kier molecular flexibility index (Phi) is 3.74. The molecule has 0 aliphatic rings. The second-order valence-corrected chi connectivity index (χ2v) is 4.88. The van der Waals surface area contributed by atoms with Gasteiger partial charge in [0.25, 0.3) is 0 Å². The molecule has 6 nitrogen and oxygen atoms in total. The first-order valence-electron chi connectivity index (χ1n) is 6.86. The summed E-state index contributed by atoms with van der Waals surface area (Å²) in [5.74, 6) is 1.41. The van der Waals surface area contributed by atoms with Crippen LogP contribution in [-0.4, -0.2) is 24.2 Å². The zero-order valence-corrected chi connectivity index (χ0v) is 12.4. The molecule has 0 atom stereocenters. The maximum absolute atomic E-state index is 11.3. The number of hydrogen-bond acceptors (Lipinski definition) is 4. The second kappa shape index (κ2) is 5.85. The van der Waals surface area contributed by atoms with Crippen LogP contribution in [0.5, 0.6) is 11.5 Å². The quantitative estimate of drug-likeness (QED) is 0.676. The molecule has 0 aliphatic heterocycles. The monoisotopic (exact) mass is 299 g/mol. The van der Waals surface area contributed by atoms with Crippen molar-refractivity contribution in [1.29, 1.82) is 0 Å². The number of aromatic amines is 2. The van der Waals surface area contributed by atoms with Crippen LogP contribution in [-0.2, 0) is 6.54 Å². The van der Waals surface area contributed by atoms with E-state index in [0.717, 1.165) is 22.3 Å². The highest BCUT2D eigenvalue weighted by Crippen LogP contribution is 2.28. The Balaban J connectivity index is 1.77. The van der Waals surface area contributed by atoms with Crippen LogP contribution in [0.2, 0.25) is 0 Å². The Morgan fingerprint density at radius 1 is 0.955 bits per heavy atom. The summed E-state index contributed by atoms with van der Waals surface area (Å²) in [6.07, 6.45) is 0. The predicted molar refractivity (Wildman–Crippen MR) is 85.8 cm³/mol. The zero-order valence-electron chi connectivity index (χ0n) is 12.4. The summed E-state index contributed by atoms with van der Waals surface area (Å²) in [5, 5.41) is 3.32. The number of hydrogen-bond donors (Lipinski definition) is 3. The van der Waals surface area contributed by atoms with Crippen LogP contribution in [0, 0.1) is 0 Å². The van der Waals surface area contributed by atoms with Gasteiger partial charge in [0, 0.05) is 12.2 Å². The number of nitrogens with one attached hydrogen (secondary N) is 3. The van der Waals surface area contributed by atoms with Crippen molar-refractivity contribution >= 4 is 16.7 Å². The normalized spacial score (nSPS) is 10.6. The molecule has 0 fully saturated rings. The van der Waals surface area contributed by atoms with E-state index in [4.69, 9.17) is 9.47 Å². The molecule has 6 heteroatoms. The number of imidazole rings is 1. The Morgan fingerprint density at radius 2 is 1.73 bits per heavy atom.